The van der Waals surface area contributed by atoms with Crippen LogP contribution in [0.15, 0.2) is 18.5 Å². The summed E-state index contributed by atoms with van der Waals surface area (Å²) in [6, 6.07) is 1.81. The molecule has 1 rings (SSSR count). The van der Waals surface area contributed by atoms with Gasteiger partial charge in [-0.1, -0.05) is 0 Å². The monoisotopic (exact) mass is 123 g/mol. The van der Waals surface area contributed by atoms with Crippen molar-refractivity contribution >= 4 is 0 Å². The maximum atomic E-state index is 10.8. The first-order valence-electron chi connectivity index (χ1n) is 2.83. The van der Waals surface area contributed by atoms with Gasteiger partial charge in [0.2, 0.25) is 0 Å². The number of aromatic nitrogens is 1. The minimum absolute atomic E-state index is 0.0972. The van der Waals surface area contributed by atoms with E-state index in [2.05, 4.69) is 0 Å². The van der Waals surface area contributed by atoms with Crippen LogP contribution in [-0.4, -0.2) is 0 Å². The molecule has 0 bridgehead atoms. The highest BCUT2D eigenvalue weighted by molar-refractivity contribution is 5.22. The maximum Gasteiger partial charge on any atom is 0.168 e. The Morgan fingerprint density at radius 3 is 2.67 bits per heavy atom. The molecule has 9 heavy (non-hydrogen) atoms. The first-order chi connectivity index (χ1) is 4.20. The summed E-state index contributed by atoms with van der Waals surface area (Å²) in [6.45, 7) is 1.81. The fraction of sp³-hybridized carbons (Fsp3) is 0.286. The summed E-state index contributed by atoms with van der Waals surface area (Å²) in [5, 5.41) is 10.8. The number of aryl methyl sites for hydroxylation is 2. The standard InChI is InChI=1S/C7H9NO/c1-6-3-4-8(2)5-7(6)9/h3-5H,1-2H3. The normalized spacial score (nSPS) is 9.56. The van der Waals surface area contributed by atoms with E-state index in [4.69, 9.17) is 0 Å². The Bertz CT molecular complexity index is 220. The largest absolute Gasteiger partial charge is 0.868 e. The second-order valence-electron chi connectivity index (χ2n) is 2.16. The van der Waals surface area contributed by atoms with Gasteiger partial charge in [-0.15, -0.1) is 0 Å². The number of pyridine rings is 1. The average Bonchev–Trinajstić information content (AvgIpc) is 1.80. The van der Waals surface area contributed by atoms with Gasteiger partial charge in [-0.2, -0.15) is 0 Å². The zero-order chi connectivity index (χ0) is 6.85. The average molecular weight is 123 g/mol. The maximum absolute atomic E-state index is 10.8. The minimum Gasteiger partial charge on any atom is -0.868 e. The van der Waals surface area contributed by atoms with Crippen LogP contribution in [-0.2, 0) is 7.05 Å². The molecule has 0 radical (unpaired) electrons. The third kappa shape index (κ3) is 1.19. The van der Waals surface area contributed by atoms with Crippen LogP contribution < -0.4 is 9.67 Å². The van der Waals surface area contributed by atoms with Gasteiger partial charge in [0.05, 0.1) is 0 Å². The zero-order valence-corrected chi connectivity index (χ0v) is 5.59. The van der Waals surface area contributed by atoms with Gasteiger partial charge >= 0.3 is 0 Å². The Morgan fingerprint density at radius 1 is 1.56 bits per heavy atom. The third-order valence-corrected chi connectivity index (χ3v) is 1.27. The van der Waals surface area contributed by atoms with E-state index in [1.54, 1.807) is 10.8 Å². The Hall–Kier alpha value is -1.05. The van der Waals surface area contributed by atoms with Crippen molar-refractivity contribution in [2.75, 3.05) is 0 Å². The summed E-state index contributed by atoms with van der Waals surface area (Å²) in [5.74, 6) is 0.0972. The van der Waals surface area contributed by atoms with Gasteiger partial charge < -0.3 is 5.11 Å². The molecule has 0 aliphatic heterocycles. The van der Waals surface area contributed by atoms with Crippen LogP contribution in [0.1, 0.15) is 5.56 Å². The first-order valence-corrected chi connectivity index (χ1v) is 2.83. The lowest BCUT2D eigenvalue weighted by Crippen LogP contribution is -2.27. The number of nitrogens with zero attached hydrogens (tertiary/aromatic N) is 1. The Balaban J connectivity index is 3.17. The third-order valence-electron chi connectivity index (χ3n) is 1.27. The van der Waals surface area contributed by atoms with Crippen molar-refractivity contribution in [3.63, 3.8) is 0 Å². The molecule has 1 aromatic rings. The zero-order valence-electron chi connectivity index (χ0n) is 5.59. The van der Waals surface area contributed by atoms with Gasteiger partial charge in [0.15, 0.2) is 12.4 Å². The van der Waals surface area contributed by atoms with E-state index in [9.17, 15) is 5.11 Å². The number of hydrogen-bond acceptors (Lipinski definition) is 1. The molecule has 0 aliphatic carbocycles. The lowest BCUT2D eigenvalue weighted by atomic mass is 10.3. The second kappa shape index (κ2) is 2.05. The smallest absolute Gasteiger partial charge is 0.168 e. The molecule has 0 N–H and O–H groups in total. The van der Waals surface area contributed by atoms with Gasteiger partial charge in [0.25, 0.3) is 0 Å². The number of rotatable bonds is 0. The second-order valence-corrected chi connectivity index (χ2v) is 2.16. The van der Waals surface area contributed by atoms with Crippen molar-refractivity contribution in [3.8, 4) is 5.75 Å². The first kappa shape index (κ1) is 6.08. The van der Waals surface area contributed by atoms with Gasteiger partial charge in [-0.3, -0.25) is 0 Å². The van der Waals surface area contributed by atoms with Crippen molar-refractivity contribution in [3.05, 3.63) is 24.0 Å². The summed E-state index contributed by atoms with van der Waals surface area (Å²) in [6.07, 6.45) is 3.42. The molecule has 48 valence electrons. The van der Waals surface area contributed by atoms with Crippen LogP contribution in [0, 0.1) is 6.92 Å². The minimum atomic E-state index is 0.0972. The van der Waals surface area contributed by atoms with Gasteiger partial charge in [-0.05, 0) is 18.2 Å². The lowest BCUT2D eigenvalue weighted by Gasteiger charge is -2.04. The predicted octanol–water partition coefficient (Wildman–Crippen LogP) is -0.107. The molecule has 0 amide bonds. The van der Waals surface area contributed by atoms with Crippen molar-refractivity contribution in [1.82, 2.24) is 0 Å². The van der Waals surface area contributed by atoms with E-state index >= 15 is 0 Å². The van der Waals surface area contributed by atoms with Gasteiger partial charge in [0.1, 0.15) is 7.05 Å². The highest BCUT2D eigenvalue weighted by atomic mass is 16.3. The molecule has 0 saturated carbocycles. The molecule has 2 nitrogen and oxygen atoms in total. The van der Waals surface area contributed by atoms with E-state index in [0.29, 0.717) is 0 Å². The highest BCUT2D eigenvalue weighted by Gasteiger charge is 1.90. The molecule has 0 aromatic carbocycles. The van der Waals surface area contributed by atoms with Crippen LogP contribution in [0.25, 0.3) is 0 Å². The fourth-order valence-electron chi connectivity index (χ4n) is 0.641. The molecule has 0 unspecified atom stereocenters. The van der Waals surface area contributed by atoms with E-state index in [0.717, 1.165) is 5.56 Å². The van der Waals surface area contributed by atoms with E-state index in [1.165, 1.54) is 0 Å². The number of hydrogen-bond donors (Lipinski definition) is 0. The molecule has 0 saturated heterocycles. The van der Waals surface area contributed by atoms with Gasteiger partial charge in [-0.25, -0.2) is 4.57 Å². The van der Waals surface area contributed by atoms with E-state index < -0.39 is 0 Å². The van der Waals surface area contributed by atoms with Crippen LogP contribution in [0.5, 0.6) is 5.75 Å². The molecule has 2 heteroatoms. The summed E-state index contributed by atoms with van der Waals surface area (Å²) in [5.41, 5.74) is 0.799. The van der Waals surface area contributed by atoms with Crippen molar-refractivity contribution < 1.29 is 9.67 Å². The van der Waals surface area contributed by atoms with Crippen LogP contribution in [0.3, 0.4) is 0 Å². The highest BCUT2D eigenvalue weighted by Crippen LogP contribution is 2.05. The van der Waals surface area contributed by atoms with Crippen LogP contribution in [0.2, 0.25) is 0 Å². The summed E-state index contributed by atoms with van der Waals surface area (Å²) < 4.78 is 1.75. The Morgan fingerprint density at radius 2 is 2.22 bits per heavy atom. The van der Waals surface area contributed by atoms with Crippen molar-refractivity contribution in [1.29, 1.82) is 0 Å². The lowest BCUT2D eigenvalue weighted by molar-refractivity contribution is -0.674. The van der Waals surface area contributed by atoms with Crippen LogP contribution in [0.4, 0.5) is 0 Å². The molecule has 0 spiro atoms. The molecular weight excluding hydrogens is 114 g/mol. The fourth-order valence-corrected chi connectivity index (χ4v) is 0.641. The molecule has 1 aromatic heterocycles. The Kier molecular flexibility index (Phi) is 1.39. The molecule has 1 heterocycles. The van der Waals surface area contributed by atoms with Crippen molar-refractivity contribution in [2.24, 2.45) is 7.05 Å². The van der Waals surface area contributed by atoms with Gasteiger partial charge in [0, 0.05) is 6.07 Å². The SMILES string of the molecule is Cc1cc[n+](C)cc1[O-]. The molecule has 0 fully saturated rings. The van der Waals surface area contributed by atoms with Crippen molar-refractivity contribution in [2.45, 2.75) is 6.92 Å². The quantitative estimate of drug-likeness (QED) is 0.442. The topological polar surface area (TPSA) is 26.9 Å². The molecule has 0 atom stereocenters. The van der Waals surface area contributed by atoms with E-state index in [1.807, 2.05) is 26.2 Å². The molecule has 0 aliphatic rings. The predicted molar refractivity (Wildman–Crippen MR) is 31.8 cm³/mol. The summed E-state index contributed by atoms with van der Waals surface area (Å²) in [4.78, 5) is 0. The summed E-state index contributed by atoms with van der Waals surface area (Å²) in [7, 11) is 1.83. The Labute approximate surface area is 54.4 Å². The van der Waals surface area contributed by atoms with E-state index in [-0.39, 0.29) is 5.75 Å². The van der Waals surface area contributed by atoms with Crippen LogP contribution >= 0.6 is 0 Å². The summed E-state index contributed by atoms with van der Waals surface area (Å²) >= 11 is 0. The molecular formula is C7H9NO.